The predicted molar refractivity (Wildman–Crippen MR) is 72.4 cm³/mol. The van der Waals surface area contributed by atoms with Crippen LogP contribution in [0.1, 0.15) is 64.2 Å². The molecule has 0 aromatic carbocycles. The minimum Gasteiger partial charge on any atom is -0.294 e. The normalized spacial score (nSPS) is 21.9. The Morgan fingerprint density at radius 2 is 1.67 bits per heavy atom. The fourth-order valence-corrected chi connectivity index (χ4v) is 3.07. The van der Waals surface area contributed by atoms with Crippen molar-refractivity contribution in [2.75, 3.05) is 0 Å². The van der Waals surface area contributed by atoms with Crippen molar-refractivity contribution in [2.45, 2.75) is 64.2 Å². The molecule has 18 heavy (non-hydrogen) atoms. The molecule has 0 N–H and O–H groups in total. The summed E-state index contributed by atoms with van der Waals surface area (Å²) in [5.74, 6) is -0.281. The monoisotopic (exact) mass is 246 g/mol. The first-order chi connectivity index (χ1) is 8.83. The highest BCUT2D eigenvalue weighted by atomic mass is 16.2. The molecule has 0 amide bonds. The lowest BCUT2D eigenvalue weighted by Gasteiger charge is -2.13. The third kappa shape index (κ3) is 3.18. The molecule has 0 atom stereocenters. The fourth-order valence-electron chi connectivity index (χ4n) is 3.07. The zero-order chi connectivity index (χ0) is 12.8. The number of carbonyl (C=O) groups excluding carboxylic acids is 2. The number of carbonyl (C=O) groups is 2. The van der Waals surface area contributed by atoms with Gasteiger partial charge in [-0.1, -0.05) is 18.9 Å². The maximum Gasteiger partial charge on any atom is 0.221 e. The Kier molecular flexibility index (Phi) is 4.91. The molecule has 2 nitrogen and oxygen atoms in total. The van der Waals surface area contributed by atoms with Gasteiger partial charge in [0, 0.05) is 5.57 Å². The third-order valence-corrected chi connectivity index (χ3v) is 4.05. The Bertz CT molecular complexity index is 388. The van der Waals surface area contributed by atoms with Crippen LogP contribution >= 0.6 is 0 Å². The molecule has 98 valence electrons. The fraction of sp³-hybridized carbons (Fsp3) is 0.625. The van der Waals surface area contributed by atoms with Crippen LogP contribution in [0.15, 0.2) is 22.8 Å². The second-order valence-electron chi connectivity index (χ2n) is 5.33. The summed E-state index contributed by atoms with van der Waals surface area (Å²) in [7, 11) is 0. The van der Waals surface area contributed by atoms with Gasteiger partial charge >= 0.3 is 0 Å². The van der Waals surface area contributed by atoms with Crippen molar-refractivity contribution in [3.8, 4) is 0 Å². The lowest BCUT2D eigenvalue weighted by atomic mass is 9.91. The molecular formula is C16H22O2. The third-order valence-electron chi connectivity index (χ3n) is 4.05. The Morgan fingerprint density at radius 3 is 2.50 bits per heavy atom. The predicted octanol–water partition coefficient (Wildman–Crippen LogP) is 3.91. The smallest absolute Gasteiger partial charge is 0.221 e. The number of aldehydes is 1. The molecule has 0 aliphatic heterocycles. The van der Waals surface area contributed by atoms with Crippen LogP contribution in [0.25, 0.3) is 0 Å². The first-order valence-corrected chi connectivity index (χ1v) is 7.24. The molecule has 0 unspecified atom stereocenters. The van der Waals surface area contributed by atoms with Crippen molar-refractivity contribution >= 4 is 12.1 Å². The van der Waals surface area contributed by atoms with Gasteiger partial charge in [0.15, 0.2) is 6.29 Å². The molecule has 0 radical (unpaired) electrons. The number of allylic oxidation sites excluding steroid dienone is 4. The van der Waals surface area contributed by atoms with E-state index in [2.05, 4.69) is 6.08 Å². The Morgan fingerprint density at radius 1 is 0.944 bits per heavy atom. The highest BCUT2D eigenvalue weighted by Gasteiger charge is 2.20. The van der Waals surface area contributed by atoms with Crippen molar-refractivity contribution in [3.05, 3.63) is 22.8 Å². The molecule has 2 heteroatoms. The summed E-state index contributed by atoms with van der Waals surface area (Å²) in [6, 6.07) is 0. The van der Waals surface area contributed by atoms with Gasteiger partial charge in [0.05, 0.1) is 0 Å². The van der Waals surface area contributed by atoms with Gasteiger partial charge in [-0.15, -0.1) is 0 Å². The van der Waals surface area contributed by atoms with Crippen molar-refractivity contribution in [3.63, 3.8) is 0 Å². The van der Waals surface area contributed by atoms with Gasteiger partial charge in [-0.05, 0) is 62.5 Å². The van der Waals surface area contributed by atoms with E-state index in [0.29, 0.717) is 6.29 Å². The van der Waals surface area contributed by atoms with Gasteiger partial charge in [0.25, 0.3) is 0 Å². The quantitative estimate of drug-likeness (QED) is 0.559. The molecule has 0 heterocycles. The largest absolute Gasteiger partial charge is 0.294 e. The number of hydrogen-bond donors (Lipinski definition) is 0. The summed E-state index contributed by atoms with van der Waals surface area (Å²) in [6.07, 6.45) is 13.9. The molecular weight excluding hydrogens is 224 g/mol. The van der Waals surface area contributed by atoms with Crippen LogP contribution in [-0.2, 0) is 9.59 Å². The van der Waals surface area contributed by atoms with Crippen LogP contribution in [0.4, 0.5) is 0 Å². The average Bonchev–Trinajstić information content (AvgIpc) is 2.79. The van der Waals surface area contributed by atoms with E-state index < -0.39 is 0 Å². The van der Waals surface area contributed by atoms with E-state index in [-0.39, 0.29) is 5.78 Å². The van der Waals surface area contributed by atoms with E-state index in [9.17, 15) is 9.59 Å². The van der Waals surface area contributed by atoms with E-state index in [1.54, 1.807) is 0 Å². The van der Waals surface area contributed by atoms with E-state index in [0.717, 1.165) is 44.1 Å². The van der Waals surface area contributed by atoms with Crippen LogP contribution in [0.2, 0.25) is 0 Å². The number of rotatable bonds is 3. The second-order valence-corrected chi connectivity index (χ2v) is 5.33. The van der Waals surface area contributed by atoms with Gasteiger partial charge in [-0.3, -0.25) is 9.59 Å². The zero-order valence-electron chi connectivity index (χ0n) is 11.0. The summed E-state index contributed by atoms with van der Waals surface area (Å²) in [4.78, 5) is 22.6. The summed E-state index contributed by atoms with van der Waals surface area (Å²) in [5.41, 5.74) is 3.39. The molecule has 0 saturated carbocycles. The van der Waals surface area contributed by atoms with Gasteiger partial charge in [0.2, 0.25) is 5.78 Å². The minimum absolute atomic E-state index is 0.281. The molecule has 0 aromatic heterocycles. The topological polar surface area (TPSA) is 34.1 Å². The van der Waals surface area contributed by atoms with E-state index in [1.807, 2.05) is 0 Å². The Hall–Kier alpha value is -1.18. The average molecular weight is 246 g/mol. The van der Waals surface area contributed by atoms with Crippen LogP contribution in [0.5, 0.6) is 0 Å². The summed E-state index contributed by atoms with van der Waals surface area (Å²) >= 11 is 0. The second kappa shape index (κ2) is 6.67. The number of Topliss-reactive ketones (excluding diaryl/α,β-unsaturated/α-hetero) is 1. The molecule has 2 aliphatic rings. The van der Waals surface area contributed by atoms with Gasteiger partial charge in [-0.2, -0.15) is 0 Å². The first-order valence-electron chi connectivity index (χ1n) is 7.24. The highest BCUT2D eigenvalue weighted by Crippen LogP contribution is 2.33. The zero-order valence-corrected chi connectivity index (χ0v) is 11.0. The Balaban J connectivity index is 2.32. The van der Waals surface area contributed by atoms with Crippen molar-refractivity contribution < 1.29 is 9.59 Å². The maximum atomic E-state index is 11.8. The molecule has 0 aromatic rings. The lowest BCUT2D eigenvalue weighted by molar-refractivity contribution is -0.127. The molecule has 0 spiro atoms. The van der Waals surface area contributed by atoms with Crippen LogP contribution in [-0.4, -0.2) is 12.1 Å². The number of ketones is 1. The van der Waals surface area contributed by atoms with Crippen LogP contribution in [0, 0.1) is 0 Å². The van der Waals surface area contributed by atoms with Gasteiger partial charge in [-0.25, -0.2) is 0 Å². The SMILES string of the molecule is O=CC(=O)C1=C(C2=CCCCCC2)CCCCC1. The van der Waals surface area contributed by atoms with Crippen LogP contribution in [0.3, 0.4) is 0 Å². The molecule has 0 saturated heterocycles. The highest BCUT2D eigenvalue weighted by molar-refractivity contribution is 6.33. The Labute approximate surface area is 109 Å². The molecule has 2 rings (SSSR count). The lowest BCUT2D eigenvalue weighted by Crippen LogP contribution is -2.08. The standard InChI is InChI=1S/C16H22O2/c17-12-16(18)15-11-7-3-6-10-14(15)13-8-4-1-2-5-9-13/h8,12H,1-7,9-11H2. The summed E-state index contributed by atoms with van der Waals surface area (Å²) in [6.45, 7) is 0. The molecule has 0 fully saturated rings. The van der Waals surface area contributed by atoms with Gasteiger partial charge in [0.1, 0.15) is 0 Å². The van der Waals surface area contributed by atoms with Crippen LogP contribution < -0.4 is 0 Å². The van der Waals surface area contributed by atoms with E-state index in [4.69, 9.17) is 0 Å². The van der Waals surface area contributed by atoms with E-state index >= 15 is 0 Å². The van der Waals surface area contributed by atoms with Crippen molar-refractivity contribution in [2.24, 2.45) is 0 Å². The first kappa shape index (κ1) is 13.3. The molecule has 2 aliphatic carbocycles. The van der Waals surface area contributed by atoms with E-state index in [1.165, 1.54) is 36.8 Å². The molecule has 0 bridgehead atoms. The van der Waals surface area contributed by atoms with Gasteiger partial charge < -0.3 is 0 Å². The minimum atomic E-state index is -0.281. The number of hydrogen-bond acceptors (Lipinski definition) is 2. The summed E-state index contributed by atoms with van der Waals surface area (Å²) in [5, 5.41) is 0. The summed E-state index contributed by atoms with van der Waals surface area (Å²) < 4.78 is 0. The van der Waals surface area contributed by atoms with Crippen molar-refractivity contribution in [1.29, 1.82) is 0 Å². The maximum absolute atomic E-state index is 11.8. The van der Waals surface area contributed by atoms with Crippen molar-refractivity contribution in [1.82, 2.24) is 0 Å².